The summed E-state index contributed by atoms with van der Waals surface area (Å²) in [6, 6.07) is 2.22. The van der Waals surface area contributed by atoms with Gasteiger partial charge in [0.15, 0.2) is 0 Å². The van der Waals surface area contributed by atoms with E-state index in [1.54, 1.807) is 17.0 Å². The Balaban J connectivity index is 2.26. The lowest BCUT2D eigenvalue weighted by atomic mass is 10.2. The number of halogens is 2. The number of hydrogen-bond donors (Lipinski definition) is 1. The minimum atomic E-state index is -0.672. The quantitative estimate of drug-likeness (QED) is 0.691. The Morgan fingerprint density at radius 3 is 2.89 bits per heavy atom. The topological polar surface area (TPSA) is 73.0 Å². The van der Waals surface area contributed by atoms with E-state index in [1.807, 2.05) is 7.05 Å². The molecule has 0 saturated carbocycles. The third-order valence-electron chi connectivity index (χ3n) is 2.59. The van der Waals surface area contributed by atoms with E-state index < -0.39 is 10.7 Å². The molecule has 0 aliphatic heterocycles. The second kappa shape index (κ2) is 5.35. The van der Waals surface area contributed by atoms with Crippen molar-refractivity contribution in [3.63, 3.8) is 0 Å². The Morgan fingerprint density at radius 2 is 2.32 bits per heavy atom. The van der Waals surface area contributed by atoms with Gasteiger partial charge in [-0.25, -0.2) is 9.37 Å². The molecule has 0 radical (unpaired) electrons. The van der Waals surface area contributed by atoms with Crippen molar-refractivity contribution in [3.8, 4) is 0 Å². The number of aromatic nitrogens is 2. The van der Waals surface area contributed by atoms with Crippen molar-refractivity contribution in [3.05, 3.63) is 50.8 Å². The van der Waals surface area contributed by atoms with Gasteiger partial charge in [0.25, 0.3) is 5.69 Å². The number of rotatable bonds is 4. The highest BCUT2D eigenvalue weighted by molar-refractivity contribution is 9.10. The monoisotopic (exact) mass is 328 g/mol. The first-order valence-electron chi connectivity index (χ1n) is 5.32. The third kappa shape index (κ3) is 2.90. The summed E-state index contributed by atoms with van der Waals surface area (Å²) in [6.07, 6.45) is 3.40. The van der Waals surface area contributed by atoms with Crippen LogP contribution in [0.2, 0.25) is 0 Å². The molecule has 0 fully saturated rings. The molecule has 0 amide bonds. The molecule has 0 aliphatic rings. The first-order valence-corrected chi connectivity index (χ1v) is 6.12. The van der Waals surface area contributed by atoms with E-state index >= 15 is 0 Å². The van der Waals surface area contributed by atoms with Crippen LogP contribution in [0, 0.1) is 15.9 Å². The number of benzene rings is 1. The first-order chi connectivity index (χ1) is 8.99. The maximum atomic E-state index is 13.3. The van der Waals surface area contributed by atoms with Crippen LogP contribution in [0.3, 0.4) is 0 Å². The van der Waals surface area contributed by atoms with E-state index in [4.69, 9.17) is 0 Å². The highest BCUT2D eigenvalue weighted by Gasteiger charge is 2.17. The van der Waals surface area contributed by atoms with Crippen LogP contribution in [0.15, 0.2) is 29.0 Å². The lowest BCUT2D eigenvalue weighted by molar-refractivity contribution is -0.384. The largest absolute Gasteiger partial charge is 0.372 e. The highest BCUT2D eigenvalue weighted by atomic mass is 79.9. The molecule has 0 bridgehead atoms. The lowest BCUT2D eigenvalue weighted by Crippen LogP contribution is -2.07. The Kier molecular flexibility index (Phi) is 3.79. The fraction of sp³-hybridized carbons (Fsp3) is 0.182. The third-order valence-corrected chi connectivity index (χ3v) is 3.20. The predicted octanol–water partition coefficient (Wildman–Crippen LogP) is 2.84. The summed E-state index contributed by atoms with van der Waals surface area (Å²) in [6.45, 7) is 0.308. The summed E-state index contributed by atoms with van der Waals surface area (Å²) in [5, 5.41) is 13.8. The fourth-order valence-corrected chi connectivity index (χ4v) is 1.91. The molecule has 2 aromatic rings. The summed E-state index contributed by atoms with van der Waals surface area (Å²) in [5.74, 6) is 0.0454. The van der Waals surface area contributed by atoms with Crippen molar-refractivity contribution in [2.45, 2.75) is 6.54 Å². The molecule has 1 N–H and O–H groups in total. The molecular formula is C11H10BrFN4O2. The van der Waals surface area contributed by atoms with E-state index in [-0.39, 0.29) is 15.8 Å². The number of nitrogens with one attached hydrogen (secondary N) is 1. The van der Waals surface area contributed by atoms with Crippen LogP contribution in [0.5, 0.6) is 0 Å². The normalized spacial score (nSPS) is 10.5. The van der Waals surface area contributed by atoms with Gasteiger partial charge in [0.05, 0.1) is 22.0 Å². The van der Waals surface area contributed by atoms with Gasteiger partial charge in [-0.3, -0.25) is 10.1 Å². The number of hydrogen-bond acceptors (Lipinski definition) is 4. The Hall–Kier alpha value is -1.96. The lowest BCUT2D eigenvalue weighted by Gasteiger charge is -2.08. The molecule has 0 saturated heterocycles. The number of imidazole rings is 1. The van der Waals surface area contributed by atoms with Gasteiger partial charge in [-0.15, -0.1) is 0 Å². The molecule has 1 heterocycles. The van der Waals surface area contributed by atoms with Crippen LogP contribution in [-0.2, 0) is 13.6 Å². The molecule has 0 aliphatic carbocycles. The van der Waals surface area contributed by atoms with Crippen LogP contribution in [-0.4, -0.2) is 14.5 Å². The zero-order chi connectivity index (χ0) is 14.0. The molecule has 1 aromatic heterocycles. The minimum absolute atomic E-state index is 0.167. The summed E-state index contributed by atoms with van der Waals surface area (Å²) >= 11 is 3.00. The Morgan fingerprint density at radius 1 is 1.58 bits per heavy atom. The van der Waals surface area contributed by atoms with Gasteiger partial charge in [-0.05, 0) is 22.0 Å². The van der Waals surface area contributed by atoms with Gasteiger partial charge in [-0.1, -0.05) is 0 Å². The van der Waals surface area contributed by atoms with Crippen molar-refractivity contribution < 1.29 is 9.31 Å². The van der Waals surface area contributed by atoms with Crippen LogP contribution in [0.1, 0.15) is 5.82 Å². The molecule has 0 unspecified atom stereocenters. The van der Waals surface area contributed by atoms with Gasteiger partial charge in [0, 0.05) is 19.4 Å². The molecule has 1 aromatic carbocycles. The second-order valence-electron chi connectivity index (χ2n) is 3.85. The SMILES string of the molecule is Cn1ccnc1CNc1cc(Br)c(F)cc1[N+](=O)[O-]. The summed E-state index contributed by atoms with van der Waals surface area (Å²) in [5.41, 5.74) is -0.0730. The fourth-order valence-electron chi connectivity index (χ4n) is 1.57. The van der Waals surface area contributed by atoms with Crippen molar-refractivity contribution in [1.29, 1.82) is 0 Å². The van der Waals surface area contributed by atoms with E-state index in [9.17, 15) is 14.5 Å². The van der Waals surface area contributed by atoms with Crippen molar-refractivity contribution in [1.82, 2.24) is 9.55 Å². The molecular weight excluding hydrogens is 319 g/mol. The zero-order valence-electron chi connectivity index (χ0n) is 9.93. The van der Waals surface area contributed by atoms with E-state index in [2.05, 4.69) is 26.2 Å². The maximum Gasteiger partial charge on any atom is 0.295 e. The molecule has 6 nitrogen and oxygen atoms in total. The maximum absolute atomic E-state index is 13.3. The minimum Gasteiger partial charge on any atom is -0.372 e. The molecule has 0 atom stereocenters. The van der Waals surface area contributed by atoms with Crippen LogP contribution in [0.4, 0.5) is 15.8 Å². The standard InChI is InChI=1S/C11H10BrFN4O2/c1-16-3-2-14-11(16)6-15-9-4-7(12)8(13)5-10(9)17(18)19/h2-5,15H,6H2,1H3. The van der Waals surface area contributed by atoms with Gasteiger partial charge < -0.3 is 9.88 Å². The Bertz CT molecular complexity index is 629. The summed E-state index contributed by atoms with van der Waals surface area (Å²) < 4.78 is 15.3. The smallest absolute Gasteiger partial charge is 0.295 e. The second-order valence-corrected chi connectivity index (χ2v) is 4.70. The molecule has 0 spiro atoms. The van der Waals surface area contributed by atoms with E-state index in [1.165, 1.54) is 6.07 Å². The highest BCUT2D eigenvalue weighted by Crippen LogP contribution is 2.30. The van der Waals surface area contributed by atoms with Crippen LogP contribution < -0.4 is 5.32 Å². The Labute approximate surface area is 116 Å². The number of nitro benzene ring substituents is 1. The van der Waals surface area contributed by atoms with Crippen LogP contribution in [0.25, 0.3) is 0 Å². The molecule has 100 valence electrons. The van der Waals surface area contributed by atoms with E-state index in [0.717, 1.165) is 11.9 Å². The van der Waals surface area contributed by atoms with E-state index in [0.29, 0.717) is 6.54 Å². The number of nitro groups is 1. The molecule has 8 heteroatoms. The average molecular weight is 329 g/mol. The molecule has 2 rings (SSSR count). The number of nitrogens with zero attached hydrogens (tertiary/aromatic N) is 3. The van der Waals surface area contributed by atoms with Gasteiger partial charge in [0.1, 0.15) is 17.3 Å². The average Bonchev–Trinajstić information content (AvgIpc) is 2.75. The van der Waals surface area contributed by atoms with Gasteiger partial charge in [-0.2, -0.15) is 0 Å². The number of aryl methyl sites for hydroxylation is 1. The number of anilines is 1. The van der Waals surface area contributed by atoms with Crippen molar-refractivity contribution >= 4 is 27.3 Å². The molecule has 19 heavy (non-hydrogen) atoms. The van der Waals surface area contributed by atoms with Gasteiger partial charge in [0.2, 0.25) is 0 Å². The summed E-state index contributed by atoms with van der Waals surface area (Å²) in [4.78, 5) is 14.3. The zero-order valence-corrected chi connectivity index (χ0v) is 11.5. The predicted molar refractivity (Wildman–Crippen MR) is 71.3 cm³/mol. The summed E-state index contributed by atoms with van der Waals surface area (Å²) in [7, 11) is 1.82. The van der Waals surface area contributed by atoms with Crippen LogP contribution >= 0.6 is 15.9 Å². The first kappa shape index (κ1) is 13.5. The van der Waals surface area contributed by atoms with Crippen molar-refractivity contribution in [2.75, 3.05) is 5.32 Å². The van der Waals surface area contributed by atoms with Gasteiger partial charge >= 0.3 is 0 Å². The van der Waals surface area contributed by atoms with Crippen molar-refractivity contribution in [2.24, 2.45) is 7.05 Å².